The van der Waals surface area contributed by atoms with Crippen molar-refractivity contribution >= 4 is 27.4 Å². The third-order valence-corrected chi connectivity index (χ3v) is 3.19. The van der Waals surface area contributed by atoms with Crippen molar-refractivity contribution in [3.05, 3.63) is 64.1 Å². The summed E-state index contributed by atoms with van der Waals surface area (Å²) in [6, 6.07) is 14.9. The second-order valence-electron chi connectivity index (χ2n) is 3.82. The second kappa shape index (κ2) is 5.15. The van der Waals surface area contributed by atoms with E-state index in [1.54, 1.807) is 18.2 Å². The molecule has 2 aromatic carbocycles. The van der Waals surface area contributed by atoms with Crippen LogP contribution in [0.2, 0.25) is 0 Å². The minimum atomic E-state index is 0.0652. The molecule has 17 heavy (non-hydrogen) atoms. The van der Waals surface area contributed by atoms with Gasteiger partial charge in [0.1, 0.15) is 0 Å². The van der Waals surface area contributed by atoms with Crippen LogP contribution in [-0.4, -0.2) is 5.78 Å². The molecular weight excluding hydrogens is 278 g/mol. The molecule has 0 spiro atoms. The molecule has 3 heteroatoms. The van der Waals surface area contributed by atoms with Crippen LogP contribution in [0, 0.1) is 0 Å². The van der Waals surface area contributed by atoms with E-state index in [4.69, 9.17) is 5.73 Å². The van der Waals surface area contributed by atoms with Gasteiger partial charge in [-0.15, -0.1) is 0 Å². The monoisotopic (exact) mass is 289 g/mol. The van der Waals surface area contributed by atoms with E-state index in [2.05, 4.69) is 15.9 Å². The van der Waals surface area contributed by atoms with Gasteiger partial charge < -0.3 is 5.73 Å². The summed E-state index contributed by atoms with van der Waals surface area (Å²) in [5, 5.41) is 0. The van der Waals surface area contributed by atoms with Gasteiger partial charge in [0.15, 0.2) is 5.78 Å². The summed E-state index contributed by atoms with van der Waals surface area (Å²) >= 11 is 3.37. The van der Waals surface area contributed by atoms with Gasteiger partial charge in [-0.05, 0) is 23.8 Å². The van der Waals surface area contributed by atoms with Crippen LogP contribution in [0.1, 0.15) is 15.9 Å². The molecule has 0 aromatic heterocycles. The van der Waals surface area contributed by atoms with E-state index in [-0.39, 0.29) is 5.78 Å². The van der Waals surface area contributed by atoms with Crippen molar-refractivity contribution in [3.8, 4) is 0 Å². The van der Waals surface area contributed by atoms with E-state index in [9.17, 15) is 4.79 Å². The molecule has 2 nitrogen and oxygen atoms in total. The predicted octanol–water partition coefficient (Wildman–Crippen LogP) is 3.46. The Morgan fingerprint density at radius 3 is 2.53 bits per heavy atom. The van der Waals surface area contributed by atoms with Gasteiger partial charge in [-0.3, -0.25) is 4.79 Å². The Morgan fingerprint density at radius 2 is 1.82 bits per heavy atom. The summed E-state index contributed by atoms with van der Waals surface area (Å²) in [6.07, 6.45) is 0.392. The van der Waals surface area contributed by atoms with Gasteiger partial charge in [0.2, 0.25) is 0 Å². The van der Waals surface area contributed by atoms with Gasteiger partial charge in [0, 0.05) is 22.1 Å². The third kappa shape index (κ3) is 2.94. The fraction of sp³-hybridized carbons (Fsp3) is 0.0714. The molecule has 2 rings (SSSR count). The summed E-state index contributed by atoms with van der Waals surface area (Å²) in [7, 11) is 0. The molecule has 0 heterocycles. The highest BCUT2D eigenvalue weighted by Crippen LogP contribution is 2.21. The Labute approximate surface area is 109 Å². The lowest BCUT2D eigenvalue weighted by Gasteiger charge is -2.05. The quantitative estimate of drug-likeness (QED) is 0.695. The van der Waals surface area contributed by atoms with Crippen molar-refractivity contribution in [1.82, 2.24) is 0 Å². The lowest BCUT2D eigenvalue weighted by Crippen LogP contribution is -2.05. The molecule has 0 radical (unpaired) electrons. The van der Waals surface area contributed by atoms with E-state index in [0.717, 1.165) is 10.0 Å². The largest absolute Gasteiger partial charge is 0.399 e. The number of halogens is 1. The molecule has 0 aliphatic heterocycles. The van der Waals surface area contributed by atoms with E-state index >= 15 is 0 Å². The molecule has 0 amide bonds. The number of benzene rings is 2. The Balaban J connectivity index is 2.23. The highest BCUT2D eigenvalue weighted by Gasteiger charge is 2.10. The molecule has 0 bridgehead atoms. The Kier molecular flexibility index (Phi) is 3.59. The Bertz CT molecular complexity index is 537. The fourth-order valence-electron chi connectivity index (χ4n) is 1.63. The minimum absolute atomic E-state index is 0.0652. The van der Waals surface area contributed by atoms with Crippen LogP contribution in [0.15, 0.2) is 53.0 Å². The molecule has 0 aliphatic rings. The SMILES string of the molecule is Nc1ccc(Br)c(C(=O)Cc2ccccc2)c1. The summed E-state index contributed by atoms with van der Waals surface area (Å²) in [6.45, 7) is 0. The van der Waals surface area contributed by atoms with Crippen molar-refractivity contribution in [2.75, 3.05) is 5.73 Å². The van der Waals surface area contributed by atoms with Gasteiger partial charge in [-0.2, -0.15) is 0 Å². The predicted molar refractivity (Wildman–Crippen MR) is 73.0 cm³/mol. The van der Waals surface area contributed by atoms with Gasteiger partial charge >= 0.3 is 0 Å². The lowest BCUT2D eigenvalue weighted by atomic mass is 10.0. The first-order valence-electron chi connectivity index (χ1n) is 5.29. The van der Waals surface area contributed by atoms with Crippen LogP contribution in [-0.2, 0) is 6.42 Å². The Hall–Kier alpha value is -1.61. The second-order valence-corrected chi connectivity index (χ2v) is 4.68. The van der Waals surface area contributed by atoms with Crippen LogP contribution in [0.5, 0.6) is 0 Å². The Morgan fingerprint density at radius 1 is 1.12 bits per heavy atom. The fourth-order valence-corrected chi connectivity index (χ4v) is 2.10. The van der Waals surface area contributed by atoms with Crippen LogP contribution >= 0.6 is 15.9 Å². The number of ketones is 1. The zero-order valence-electron chi connectivity index (χ0n) is 9.19. The van der Waals surface area contributed by atoms with Crippen molar-refractivity contribution in [2.24, 2.45) is 0 Å². The summed E-state index contributed by atoms with van der Waals surface area (Å²) in [5.74, 6) is 0.0652. The molecule has 0 saturated carbocycles. The normalized spacial score (nSPS) is 10.2. The van der Waals surface area contributed by atoms with Crippen LogP contribution in [0.3, 0.4) is 0 Å². The number of nitrogen functional groups attached to an aromatic ring is 1. The number of nitrogens with two attached hydrogens (primary N) is 1. The first-order valence-corrected chi connectivity index (χ1v) is 6.08. The van der Waals surface area contributed by atoms with Crippen molar-refractivity contribution in [1.29, 1.82) is 0 Å². The molecular formula is C14H12BrNO. The molecule has 86 valence electrons. The number of anilines is 1. The van der Waals surface area contributed by atoms with E-state index in [1.807, 2.05) is 30.3 Å². The topological polar surface area (TPSA) is 43.1 Å². The zero-order chi connectivity index (χ0) is 12.3. The molecule has 0 saturated heterocycles. The summed E-state index contributed by atoms with van der Waals surface area (Å²) < 4.78 is 0.785. The van der Waals surface area contributed by atoms with Gasteiger partial charge in [0.25, 0.3) is 0 Å². The van der Waals surface area contributed by atoms with E-state index < -0.39 is 0 Å². The highest BCUT2D eigenvalue weighted by molar-refractivity contribution is 9.10. The highest BCUT2D eigenvalue weighted by atomic mass is 79.9. The number of hydrogen-bond donors (Lipinski definition) is 1. The van der Waals surface area contributed by atoms with Crippen LogP contribution in [0.25, 0.3) is 0 Å². The average Bonchev–Trinajstić information content (AvgIpc) is 2.33. The number of rotatable bonds is 3. The first kappa shape index (κ1) is 11.9. The zero-order valence-corrected chi connectivity index (χ0v) is 10.8. The third-order valence-electron chi connectivity index (χ3n) is 2.50. The number of carbonyl (C=O) groups is 1. The molecule has 0 atom stereocenters. The molecule has 0 fully saturated rings. The van der Waals surface area contributed by atoms with Gasteiger partial charge in [-0.25, -0.2) is 0 Å². The number of carbonyl (C=O) groups excluding carboxylic acids is 1. The standard InChI is InChI=1S/C14H12BrNO/c15-13-7-6-11(16)9-12(13)14(17)8-10-4-2-1-3-5-10/h1-7,9H,8,16H2. The van der Waals surface area contributed by atoms with E-state index in [0.29, 0.717) is 17.7 Å². The van der Waals surface area contributed by atoms with Crippen LogP contribution in [0.4, 0.5) is 5.69 Å². The first-order chi connectivity index (χ1) is 8.16. The molecule has 0 unspecified atom stereocenters. The summed E-state index contributed by atoms with van der Waals surface area (Å²) in [4.78, 5) is 12.1. The maximum absolute atomic E-state index is 12.1. The number of hydrogen-bond acceptors (Lipinski definition) is 2. The van der Waals surface area contributed by atoms with Gasteiger partial charge in [0.05, 0.1) is 0 Å². The minimum Gasteiger partial charge on any atom is -0.399 e. The smallest absolute Gasteiger partial charge is 0.168 e. The van der Waals surface area contributed by atoms with Crippen LogP contribution < -0.4 is 5.73 Å². The summed E-state index contributed by atoms with van der Waals surface area (Å²) in [5.41, 5.74) is 7.93. The molecule has 2 aromatic rings. The maximum atomic E-state index is 12.1. The lowest BCUT2D eigenvalue weighted by molar-refractivity contribution is 0.0992. The number of Topliss-reactive ketones (excluding diaryl/α,β-unsaturated/α-hetero) is 1. The average molecular weight is 290 g/mol. The van der Waals surface area contributed by atoms with Crippen molar-refractivity contribution in [3.63, 3.8) is 0 Å². The molecule has 0 aliphatic carbocycles. The van der Waals surface area contributed by atoms with Crippen molar-refractivity contribution in [2.45, 2.75) is 6.42 Å². The maximum Gasteiger partial charge on any atom is 0.168 e. The van der Waals surface area contributed by atoms with Crippen molar-refractivity contribution < 1.29 is 4.79 Å². The molecule has 2 N–H and O–H groups in total. The van der Waals surface area contributed by atoms with E-state index in [1.165, 1.54) is 0 Å². The van der Waals surface area contributed by atoms with Gasteiger partial charge in [-0.1, -0.05) is 46.3 Å².